The fraction of sp³-hybridized carbons (Fsp3) is 0.304. The molecule has 0 saturated carbocycles. The molecular formula is C23H24N4. The molecule has 27 heavy (non-hydrogen) atoms. The molecule has 2 heterocycles. The molecule has 0 bridgehead atoms. The summed E-state index contributed by atoms with van der Waals surface area (Å²) >= 11 is 0. The number of nitrogens with zero attached hydrogens (tertiary/aromatic N) is 4. The highest BCUT2D eigenvalue weighted by molar-refractivity contribution is 5.90. The van der Waals surface area contributed by atoms with E-state index in [-0.39, 0.29) is 6.17 Å². The van der Waals surface area contributed by atoms with Gasteiger partial charge in [-0.05, 0) is 44.4 Å². The van der Waals surface area contributed by atoms with Crippen molar-refractivity contribution in [2.24, 2.45) is 11.0 Å². The molecule has 2 atom stereocenters. The minimum atomic E-state index is 0.157. The number of rotatable bonds is 3. The third kappa shape index (κ3) is 2.85. The Morgan fingerprint density at radius 2 is 2.00 bits per heavy atom. The van der Waals surface area contributed by atoms with Gasteiger partial charge in [0.05, 0.1) is 11.0 Å². The number of aromatic nitrogens is 2. The zero-order valence-electron chi connectivity index (χ0n) is 15.6. The predicted molar refractivity (Wildman–Crippen MR) is 110 cm³/mol. The fourth-order valence-corrected chi connectivity index (χ4v) is 4.35. The summed E-state index contributed by atoms with van der Waals surface area (Å²) in [5.74, 6) is 1.45. The summed E-state index contributed by atoms with van der Waals surface area (Å²) in [6.45, 7) is 2.11. The molecule has 5 rings (SSSR count). The molecule has 1 aromatic carbocycles. The highest BCUT2D eigenvalue weighted by atomic mass is 15.6. The summed E-state index contributed by atoms with van der Waals surface area (Å²) in [6.07, 6.45) is 19.7. The Bertz CT molecular complexity index is 1020. The van der Waals surface area contributed by atoms with E-state index < -0.39 is 0 Å². The van der Waals surface area contributed by atoms with E-state index in [2.05, 4.69) is 83.3 Å². The van der Waals surface area contributed by atoms with E-state index >= 15 is 0 Å². The van der Waals surface area contributed by atoms with Crippen LogP contribution in [0.15, 0.2) is 77.6 Å². The summed E-state index contributed by atoms with van der Waals surface area (Å²) in [6, 6.07) is 8.42. The van der Waals surface area contributed by atoms with E-state index in [1.165, 1.54) is 16.9 Å². The molecule has 1 aliphatic heterocycles. The minimum Gasteiger partial charge on any atom is -0.305 e. The van der Waals surface area contributed by atoms with Crippen LogP contribution >= 0.6 is 0 Å². The van der Waals surface area contributed by atoms with E-state index in [1.54, 1.807) is 0 Å². The molecule has 2 unspecified atom stereocenters. The van der Waals surface area contributed by atoms with Gasteiger partial charge in [-0.1, -0.05) is 48.6 Å². The predicted octanol–water partition coefficient (Wildman–Crippen LogP) is 5.27. The molecule has 0 radical (unpaired) electrons. The number of hydrogen-bond acceptors (Lipinski definition) is 3. The molecule has 4 nitrogen and oxygen atoms in total. The highest BCUT2D eigenvalue weighted by Gasteiger charge is 2.34. The molecular weight excluding hydrogens is 332 g/mol. The van der Waals surface area contributed by atoms with Crippen LogP contribution in [-0.2, 0) is 0 Å². The van der Waals surface area contributed by atoms with Crippen LogP contribution in [0.4, 0.5) is 0 Å². The number of hydrazone groups is 1. The molecule has 2 aromatic rings. The average molecular weight is 356 g/mol. The summed E-state index contributed by atoms with van der Waals surface area (Å²) in [4.78, 5) is 4.80. The summed E-state index contributed by atoms with van der Waals surface area (Å²) < 4.78 is 2.37. The van der Waals surface area contributed by atoms with Gasteiger partial charge in [0.1, 0.15) is 12.0 Å². The van der Waals surface area contributed by atoms with Crippen molar-refractivity contribution in [3.63, 3.8) is 0 Å². The van der Waals surface area contributed by atoms with Crippen molar-refractivity contribution in [3.05, 3.63) is 78.3 Å². The zero-order valence-corrected chi connectivity index (χ0v) is 15.6. The normalized spacial score (nSPS) is 24.6. The van der Waals surface area contributed by atoms with Crippen molar-refractivity contribution in [2.45, 2.75) is 38.8 Å². The number of aryl methyl sites for hydroxylation is 1. The molecule has 4 heteroatoms. The van der Waals surface area contributed by atoms with E-state index in [4.69, 9.17) is 10.1 Å². The molecule has 1 aromatic heterocycles. The second kappa shape index (κ2) is 6.69. The first-order valence-corrected chi connectivity index (χ1v) is 9.80. The average Bonchev–Trinajstić information content (AvgIpc) is 3.29. The van der Waals surface area contributed by atoms with E-state index in [0.717, 1.165) is 37.0 Å². The highest BCUT2D eigenvalue weighted by Crippen LogP contribution is 2.38. The first kappa shape index (κ1) is 16.3. The topological polar surface area (TPSA) is 33.4 Å². The van der Waals surface area contributed by atoms with Gasteiger partial charge < -0.3 is 4.57 Å². The minimum absolute atomic E-state index is 0.157. The number of imidazole rings is 1. The van der Waals surface area contributed by atoms with Crippen molar-refractivity contribution in [3.8, 4) is 0 Å². The van der Waals surface area contributed by atoms with Crippen LogP contribution in [0, 0.1) is 12.8 Å². The van der Waals surface area contributed by atoms with Crippen LogP contribution < -0.4 is 0 Å². The van der Waals surface area contributed by atoms with Crippen molar-refractivity contribution >= 4 is 16.7 Å². The smallest absolute Gasteiger partial charge is 0.134 e. The standard InChI is InChI=1S/C23H24N4/c1-17-24-20-14-8-9-15-22(20)26(17)23-16-21(18-10-4-2-5-11-18)25-27(23)19-12-6-3-7-13-19/h2-6,8-10,12,14-15,18,23H,7,11,13,16H2,1H3. The SMILES string of the molecule is Cc1nc2ccccc2n1C1CC(C2C=CC=CC2)=NN1C1=CC=CCC1. The van der Waals surface area contributed by atoms with Crippen molar-refractivity contribution < 1.29 is 0 Å². The van der Waals surface area contributed by atoms with Gasteiger partial charge in [-0.2, -0.15) is 5.10 Å². The number of benzene rings is 1. The first-order chi connectivity index (χ1) is 13.3. The van der Waals surface area contributed by atoms with Gasteiger partial charge in [-0.3, -0.25) is 0 Å². The molecule has 136 valence electrons. The molecule has 0 N–H and O–H groups in total. The lowest BCUT2D eigenvalue weighted by Crippen LogP contribution is -2.25. The maximum atomic E-state index is 5.13. The van der Waals surface area contributed by atoms with Crippen LogP contribution in [-0.4, -0.2) is 20.3 Å². The van der Waals surface area contributed by atoms with E-state index in [0.29, 0.717) is 5.92 Å². The van der Waals surface area contributed by atoms with Crippen molar-refractivity contribution in [2.75, 3.05) is 0 Å². The largest absolute Gasteiger partial charge is 0.305 e. The zero-order chi connectivity index (χ0) is 18.2. The van der Waals surface area contributed by atoms with Crippen LogP contribution in [0.25, 0.3) is 11.0 Å². The summed E-state index contributed by atoms with van der Waals surface area (Å²) in [5.41, 5.74) is 4.81. The first-order valence-electron chi connectivity index (χ1n) is 9.80. The Balaban J connectivity index is 1.58. The van der Waals surface area contributed by atoms with Crippen LogP contribution in [0.2, 0.25) is 0 Å². The van der Waals surface area contributed by atoms with E-state index in [1.807, 2.05) is 0 Å². The van der Waals surface area contributed by atoms with Gasteiger partial charge in [0, 0.05) is 23.7 Å². The Kier molecular flexibility index (Phi) is 4.04. The molecule has 2 aliphatic carbocycles. The molecule has 0 fully saturated rings. The van der Waals surface area contributed by atoms with Gasteiger partial charge in [0.15, 0.2) is 0 Å². The van der Waals surface area contributed by atoms with Crippen LogP contribution in [0.5, 0.6) is 0 Å². The van der Waals surface area contributed by atoms with Crippen LogP contribution in [0.1, 0.15) is 37.7 Å². The Hall–Kier alpha value is -2.88. The molecule has 0 amide bonds. The molecule has 0 saturated heterocycles. The molecule has 0 spiro atoms. The lowest BCUT2D eigenvalue weighted by Gasteiger charge is -2.29. The van der Waals surface area contributed by atoms with Crippen molar-refractivity contribution in [1.29, 1.82) is 0 Å². The van der Waals surface area contributed by atoms with Gasteiger partial charge in [-0.25, -0.2) is 9.99 Å². The fourth-order valence-electron chi connectivity index (χ4n) is 4.35. The quantitative estimate of drug-likeness (QED) is 0.750. The molecule has 3 aliphatic rings. The second-order valence-corrected chi connectivity index (χ2v) is 7.42. The summed E-state index contributed by atoms with van der Waals surface area (Å²) in [7, 11) is 0. The second-order valence-electron chi connectivity index (χ2n) is 7.42. The van der Waals surface area contributed by atoms with Crippen molar-refractivity contribution in [1.82, 2.24) is 14.6 Å². The van der Waals surface area contributed by atoms with Crippen LogP contribution in [0.3, 0.4) is 0 Å². The number of allylic oxidation sites excluding steroid dienone is 8. The third-order valence-electron chi connectivity index (χ3n) is 5.68. The Morgan fingerprint density at radius 3 is 2.81 bits per heavy atom. The summed E-state index contributed by atoms with van der Waals surface area (Å²) in [5, 5.41) is 7.39. The van der Waals surface area contributed by atoms with Gasteiger partial charge >= 0.3 is 0 Å². The lowest BCUT2D eigenvalue weighted by atomic mass is 9.93. The maximum absolute atomic E-state index is 5.13. The number of hydrogen-bond donors (Lipinski definition) is 0. The van der Waals surface area contributed by atoms with Gasteiger partial charge in [0.2, 0.25) is 0 Å². The van der Waals surface area contributed by atoms with E-state index in [9.17, 15) is 0 Å². The van der Waals surface area contributed by atoms with Gasteiger partial charge in [0.25, 0.3) is 0 Å². The number of para-hydroxylation sites is 2. The van der Waals surface area contributed by atoms with Gasteiger partial charge in [-0.15, -0.1) is 0 Å². The Labute approximate surface area is 159 Å². The lowest BCUT2D eigenvalue weighted by molar-refractivity contribution is 0.217. The number of fused-ring (bicyclic) bond motifs is 1. The third-order valence-corrected chi connectivity index (χ3v) is 5.68. The monoisotopic (exact) mass is 356 g/mol. The maximum Gasteiger partial charge on any atom is 0.134 e. The Morgan fingerprint density at radius 1 is 1.07 bits per heavy atom.